The van der Waals surface area contributed by atoms with Gasteiger partial charge in [0.25, 0.3) is 5.91 Å². The molecule has 0 aliphatic carbocycles. The van der Waals surface area contributed by atoms with E-state index < -0.39 is 12.0 Å². The van der Waals surface area contributed by atoms with E-state index in [2.05, 4.69) is 15.2 Å². The summed E-state index contributed by atoms with van der Waals surface area (Å²) >= 11 is 0. The van der Waals surface area contributed by atoms with Gasteiger partial charge in [-0.3, -0.25) is 19.8 Å². The van der Waals surface area contributed by atoms with E-state index in [0.29, 0.717) is 22.8 Å². The zero-order valence-electron chi connectivity index (χ0n) is 15.7. The molecule has 0 saturated carbocycles. The second-order valence-electron chi connectivity index (χ2n) is 6.91. The van der Waals surface area contributed by atoms with E-state index in [1.165, 1.54) is 12.1 Å². The molecule has 2 N–H and O–H groups in total. The molecule has 30 heavy (non-hydrogen) atoms. The Balaban J connectivity index is 1.69. The summed E-state index contributed by atoms with van der Waals surface area (Å²) in [6.07, 6.45) is 1.69. The number of pyridine rings is 1. The molecule has 0 bridgehead atoms. The maximum Gasteiger partial charge on any atom is 0.335 e. The van der Waals surface area contributed by atoms with Gasteiger partial charge in [-0.1, -0.05) is 36.4 Å². The number of hydrogen-bond acceptors (Lipinski definition) is 4. The van der Waals surface area contributed by atoms with E-state index in [9.17, 15) is 14.7 Å². The number of carboxylic acid groups (broad SMARTS) is 1. The van der Waals surface area contributed by atoms with Crippen molar-refractivity contribution in [1.82, 2.24) is 15.2 Å². The Morgan fingerprint density at radius 1 is 0.967 bits per heavy atom. The SMILES string of the molecule is O=C(O)c1ccc(N2C(=O)c3[nH]nc(-c4ccccc4)c3C2c2ccccn2)cc1. The van der Waals surface area contributed by atoms with Crippen LogP contribution in [0.5, 0.6) is 0 Å². The number of carboxylic acids is 1. The van der Waals surface area contributed by atoms with Gasteiger partial charge in [-0.2, -0.15) is 5.10 Å². The van der Waals surface area contributed by atoms with Crippen LogP contribution in [0.4, 0.5) is 5.69 Å². The number of aromatic amines is 1. The molecular formula is C23H16N4O3. The fourth-order valence-electron chi connectivity index (χ4n) is 3.81. The molecule has 1 atom stereocenters. The van der Waals surface area contributed by atoms with Crippen molar-refractivity contribution in [2.24, 2.45) is 0 Å². The van der Waals surface area contributed by atoms with Crippen molar-refractivity contribution in [3.05, 3.63) is 102 Å². The average Bonchev–Trinajstić information content (AvgIpc) is 3.34. The molecule has 5 rings (SSSR count). The summed E-state index contributed by atoms with van der Waals surface area (Å²) in [5.74, 6) is -1.25. The maximum atomic E-state index is 13.4. The third kappa shape index (κ3) is 2.76. The van der Waals surface area contributed by atoms with Crippen molar-refractivity contribution in [3.8, 4) is 11.3 Å². The number of nitrogens with one attached hydrogen (secondary N) is 1. The van der Waals surface area contributed by atoms with E-state index in [0.717, 1.165) is 11.1 Å². The lowest BCUT2D eigenvalue weighted by Gasteiger charge is -2.25. The van der Waals surface area contributed by atoms with E-state index >= 15 is 0 Å². The highest BCUT2D eigenvalue weighted by Gasteiger charge is 2.43. The molecule has 1 aliphatic rings. The molecular weight excluding hydrogens is 380 g/mol. The van der Waals surface area contributed by atoms with Crippen LogP contribution in [-0.2, 0) is 0 Å². The topological polar surface area (TPSA) is 99.2 Å². The van der Waals surface area contributed by atoms with Gasteiger partial charge in [-0.25, -0.2) is 4.79 Å². The van der Waals surface area contributed by atoms with E-state index in [1.54, 1.807) is 23.2 Å². The van der Waals surface area contributed by atoms with Gasteiger partial charge in [0.15, 0.2) is 0 Å². The zero-order chi connectivity index (χ0) is 20.7. The predicted octanol–water partition coefficient (Wildman–Crippen LogP) is 3.92. The molecule has 4 aromatic rings. The van der Waals surface area contributed by atoms with Crippen molar-refractivity contribution in [1.29, 1.82) is 0 Å². The minimum Gasteiger partial charge on any atom is -0.478 e. The first-order valence-corrected chi connectivity index (χ1v) is 9.36. The van der Waals surface area contributed by atoms with Gasteiger partial charge in [0, 0.05) is 23.0 Å². The van der Waals surface area contributed by atoms with Gasteiger partial charge in [0.1, 0.15) is 11.7 Å². The van der Waals surface area contributed by atoms with Crippen LogP contribution in [0, 0.1) is 0 Å². The Morgan fingerprint density at radius 3 is 2.37 bits per heavy atom. The lowest BCUT2D eigenvalue weighted by atomic mass is 9.99. The summed E-state index contributed by atoms with van der Waals surface area (Å²) < 4.78 is 0. The smallest absolute Gasteiger partial charge is 0.335 e. The van der Waals surface area contributed by atoms with Gasteiger partial charge in [0.2, 0.25) is 0 Å². The summed E-state index contributed by atoms with van der Waals surface area (Å²) in [6, 6.07) is 21.0. The van der Waals surface area contributed by atoms with Crippen LogP contribution >= 0.6 is 0 Å². The molecule has 1 amide bonds. The van der Waals surface area contributed by atoms with Gasteiger partial charge in [-0.15, -0.1) is 0 Å². The number of hydrogen-bond donors (Lipinski definition) is 2. The number of aromatic carboxylic acids is 1. The third-order valence-corrected chi connectivity index (χ3v) is 5.18. The van der Waals surface area contributed by atoms with Gasteiger partial charge in [0.05, 0.1) is 17.0 Å². The first kappa shape index (κ1) is 17.8. The summed E-state index contributed by atoms with van der Waals surface area (Å²) in [5.41, 5.74) is 4.20. The number of nitrogens with zero attached hydrogens (tertiary/aromatic N) is 3. The number of aromatic nitrogens is 3. The first-order chi connectivity index (χ1) is 14.6. The molecule has 146 valence electrons. The lowest BCUT2D eigenvalue weighted by Crippen LogP contribution is -2.29. The average molecular weight is 396 g/mol. The predicted molar refractivity (Wildman–Crippen MR) is 110 cm³/mol. The van der Waals surface area contributed by atoms with Crippen molar-refractivity contribution in [3.63, 3.8) is 0 Å². The molecule has 0 fully saturated rings. The summed E-state index contributed by atoms with van der Waals surface area (Å²) in [6.45, 7) is 0. The van der Waals surface area contributed by atoms with Crippen molar-refractivity contribution < 1.29 is 14.7 Å². The molecule has 2 aromatic heterocycles. The molecule has 1 aliphatic heterocycles. The minimum atomic E-state index is -1.02. The molecule has 1 unspecified atom stereocenters. The van der Waals surface area contributed by atoms with Crippen LogP contribution in [0.2, 0.25) is 0 Å². The molecule has 7 heteroatoms. The van der Waals surface area contributed by atoms with Crippen molar-refractivity contribution in [2.75, 3.05) is 4.90 Å². The number of carbonyl (C=O) groups is 2. The second-order valence-corrected chi connectivity index (χ2v) is 6.91. The standard InChI is InChI=1S/C23H16N4O3/c28-22-20-18(19(25-26-20)14-6-2-1-3-7-14)21(17-8-4-5-13-24-17)27(22)16-11-9-15(10-12-16)23(29)30/h1-13,21H,(H,25,26)(H,29,30). The summed E-state index contributed by atoms with van der Waals surface area (Å²) in [7, 11) is 0. The quantitative estimate of drug-likeness (QED) is 0.545. The van der Waals surface area contributed by atoms with Crippen LogP contribution in [0.15, 0.2) is 79.0 Å². The van der Waals surface area contributed by atoms with Crippen LogP contribution < -0.4 is 4.90 Å². The van der Waals surface area contributed by atoms with Crippen LogP contribution in [0.1, 0.15) is 38.1 Å². The Hall–Kier alpha value is -4.26. The van der Waals surface area contributed by atoms with Crippen molar-refractivity contribution in [2.45, 2.75) is 6.04 Å². The fourth-order valence-corrected chi connectivity index (χ4v) is 3.81. The van der Waals surface area contributed by atoms with Gasteiger partial charge < -0.3 is 5.11 Å². The largest absolute Gasteiger partial charge is 0.478 e. The normalized spacial score (nSPS) is 15.3. The highest BCUT2D eigenvalue weighted by atomic mass is 16.4. The monoisotopic (exact) mass is 396 g/mol. The summed E-state index contributed by atoms with van der Waals surface area (Å²) in [5, 5.41) is 16.5. The third-order valence-electron chi connectivity index (χ3n) is 5.18. The Labute approximate surface area is 171 Å². The van der Waals surface area contributed by atoms with Gasteiger partial charge >= 0.3 is 5.97 Å². The summed E-state index contributed by atoms with van der Waals surface area (Å²) in [4.78, 5) is 30.7. The fraction of sp³-hybridized carbons (Fsp3) is 0.0435. The van der Waals surface area contributed by atoms with Crippen LogP contribution in [0.25, 0.3) is 11.3 Å². The number of anilines is 1. The van der Waals surface area contributed by atoms with E-state index in [-0.39, 0.29) is 11.5 Å². The minimum absolute atomic E-state index is 0.157. The lowest BCUT2D eigenvalue weighted by molar-refractivity contribution is 0.0696. The molecule has 7 nitrogen and oxygen atoms in total. The number of amides is 1. The maximum absolute atomic E-state index is 13.4. The number of carbonyl (C=O) groups excluding carboxylic acids is 1. The van der Waals surface area contributed by atoms with E-state index in [1.807, 2.05) is 48.5 Å². The number of benzene rings is 2. The number of rotatable bonds is 4. The first-order valence-electron chi connectivity index (χ1n) is 9.36. The zero-order valence-corrected chi connectivity index (χ0v) is 15.7. The Kier molecular flexibility index (Phi) is 4.14. The van der Waals surface area contributed by atoms with Crippen LogP contribution in [-0.4, -0.2) is 32.2 Å². The Morgan fingerprint density at radius 2 is 1.70 bits per heavy atom. The number of H-pyrrole nitrogens is 1. The molecule has 0 radical (unpaired) electrons. The highest BCUT2D eigenvalue weighted by Crippen LogP contribution is 2.44. The van der Waals surface area contributed by atoms with Crippen LogP contribution in [0.3, 0.4) is 0 Å². The Bertz CT molecular complexity index is 1230. The van der Waals surface area contributed by atoms with Gasteiger partial charge in [-0.05, 0) is 36.4 Å². The molecule has 2 aromatic carbocycles. The van der Waals surface area contributed by atoms with Crippen molar-refractivity contribution >= 4 is 17.6 Å². The van der Waals surface area contributed by atoms with E-state index in [4.69, 9.17) is 0 Å². The number of fused-ring (bicyclic) bond motifs is 1. The highest BCUT2D eigenvalue weighted by molar-refractivity contribution is 6.11. The second kappa shape index (κ2) is 6.97. The molecule has 0 saturated heterocycles. The molecule has 0 spiro atoms. The molecule has 3 heterocycles.